The van der Waals surface area contributed by atoms with Crippen LogP contribution >= 0.6 is 11.3 Å². The van der Waals surface area contributed by atoms with Gasteiger partial charge in [-0.3, -0.25) is 0 Å². The number of hydrogen-bond donors (Lipinski definition) is 1. The molecule has 1 heterocycles. The van der Waals surface area contributed by atoms with Gasteiger partial charge in [-0.1, -0.05) is 20.8 Å². The highest BCUT2D eigenvalue weighted by Crippen LogP contribution is 2.25. The summed E-state index contributed by atoms with van der Waals surface area (Å²) in [7, 11) is 1.99. The minimum Gasteiger partial charge on any atom is -0.317 e. The number of likely N-dealkylation sites (N-methyl/N-ethyl adjacent to an activating group) is 1. The van der Waals surface area contributed by atoms with Gasteiger partial charge in [-0.05, 0) is 14.0 Å². The number of aromatic nitrogens is 1. The Balaban J connectivity index is 2.69. The molecule has 0 aliphatic rings. The fourth-order valence-corrected chi connectivity index (χ4v) is 2.08. The van der Waals surface area contributed by atoms with Gasteiger partial charge in [0.1, 0.15) is 0 Å². The highest BCUT2D eigenvalue weighted by atomic mass is 32.1. The summed E-state index contributed by atoms with van der Waals surface area (Å²) in [4.78, 5) is 4.65. The number of rotatable bonds is 3. The van der Waals surface area contributed by atoms with E-state index in [9.17, 15) is 0 Å². The number of thiazole rings is 1. The van der Waals surface area contributed by atoms with Gasteiger partial charge in [0, 0.05) is 23.3 Å². The topological polar surface area (TPSA) is 24.9 Å². The predicted octanol–water partition coefficient (Wildman–Crippen LogP) is 2.59. The van der Waals surface area contributed by atoms with Crippen LogP contribution in [0.4, 0.5) is 0 Å². The molecule has 14 heavy (non-hydrogen) atoms. The quantitative estimate of drug-likeness (QED) is 0.833. The molecule has 1 aromatic rings. The third-order valence-electron chi connectivity index (χ3n) is 2.20. The molecule has 0 spiro atoms. The molecule has 0 amide bonds. The molecule has 1 atom stereocenters. The summed E-state index contributed by atoms with van der Waals surface area (Å²) < 4.78 is 0. The summed E-state index contributed by atoms with van der Waals surface area (Å²) in [5, 5.41) is 6.63. The largest absolute Gasteiger partial charge is 0.317 e. The van der Waals surface area contributed by atoms with Crippen molar-refractivity contribution in [3.05, 3.63) is 16.1 Å². The average Bonchev–Trinajstić information content (AvgIpc) is 2.51. The molecule has 1 rings (SSSR count). The SMILES string of the molecule is CNC(C)Cc1csc(C(C)(C)C)n1. The average molecular weight is 212 g/mol. The Hall–Kier alpha value is -0.410. The first-order valence-electron chi connectivity index (χ1n) is 5.05. The lowest BCUT2D eigenvalue weighted by atomic mass is 9.98. The maximum atomic E-state index is 4.65. The molecule has 0 bridgehead atoms. The van der Waals surface area contributed by atoms with Crippen LogP contribution in [0.3, 0.4) is 0 Å². The lowest BCUT2D eigenvalue weighted by Gasteiger charge is -2.13. The lowest BCUT2D eigenvalue weighted by molar-refractivity contribution is 0.571. The van der Waals surface area contributed by atoms with Crippen LogP contribution in [0, 0.1) is 0 Å². The third-order valence-corrected chi connectivity index (χ3v) is 3.52. The molecule has 0 fully saturated rings. The molecule has 2 nitrogen and oxygen atoms in total. The monoisotopic (exact) mass is 212 g/mol. The van der Waals surface area contributed by atoms with Crippen LogP contribution in [-0.4, -0.2) is 18.1 Å². The molecule has 0 radical (unpaired) electrons. The normalized spacial score (nSPS) is 14.4. The van der Waals surface area contributed by atoms with Gasteiger partial charge in [0.25, 0.3) is 0 Å². The first-order chi connectivity index (χ1) is 6.43. The minimum absolute atomic E-state index is 0.186. The molecule has 1 unspecified atom stereocenters. The Bertz CT molecular complexity index is 286. The van der Waals surface area contributed by atoms with Crippen LogP contribution < -0.4 is 5.32 Å². The van der Waals surface area contributed by atoms with Crippen molar-refractivity contribution >= 4 is 11.3 Å². The Morgan fingerprint density at radius 2 is 2.14 bits per heavy atom. The van der Waals surface area contributed by atoms with Gasteiger partial charge in [-0.2, -0.15) is 0 Å². The lowest BCUT2D eigenvalue weighted by Crippen LogP contribution is -2.23. The molecule has 0 aromatic carbocycles. The molecule has 1 aromatic heterocycles. The molecule has 80 valence electrons. The Morgan fingerprint density at radius 1 is 1.50 bits per heavy atom. The van der Waals surface area contributed by atoms with Crippen molar-refractivity contribution in [2.75, 3.05) is 7.05 Å². The summed E-state index contributed by atoms with van der Waals surface area (Å²) in [5.74, 6) is 0. The zero-order valence-corrected chi connectivity index (χ0v) is 10.5. The molecule has 0 saturated carbocycles. The van der Waals surface area contributed by atoms with Crippen molar-refractivity contribution in [3.8, 4) is 0 Å². The van der Waals surface area contributed by atoms with Gasteiger partial charge in [0.05, 0.1) is 10.7 Å². The molecular weight excluding hydrogens is 192 g/mol. The Morgan fingerprint density at radius 3 is 2.57 bits per heavy atom. The zero-order chi connectivity index (χ0) is 10.8. The fraction of sp³-hybridized carbons (Fsp3) is 0.727. The van der Waals surface area contributed by atoms with Gasteiger partial charge < -0.3 is 5.32 Å². The molecule has 3 heteroatoms. The van der Waals surface area contributed by atoms with Crippen LogP contribution in [0.15, 0.2) is 5.38 Å². The van der Waals surface area contributed by atoms with Crippen molar-refractivity contribution in [2.24, 2.45) is 0 Å². The van der Waals surface area contributed by atoms with Crippen molar-refractivity contribution in [1.29, 1.82) is 0 Å². The Kier molecular flexibility index (Phi) is 3.67. The van der Waals surface area contributed by atoms with Crippen LogP contribution in [0.2, 0.25) is 0 Å². The van der Waals surface area contributed by atoms with E-state index in [0.29, 0.717) is 6.04 Å². The summed E-state index contributed by atoms with van der Waals surface area (Å²) in [6.45, 7) is 8.79. The smallest absolute Gasteiger partial charge is 0.0981 e. The van der Waals surface area contributed by atoms with Crippen molar-refractivity contribution < 1.29 is 0 Å². The van der Waals surface area contributed by atoms with Crippen molar-refractivity contribution in [2.45, 2.75) is 45.6 Å². The highest BCUT2D eigenvalue weighted by Gasteiger charge is 2.18. The molecule has 0 aliphatic carbocycles. The summed E-state index contributed by atoms with van der Waals surface area (Å²) in [6, 6.07) is 0.505. The van der Waals surface area contributed by atoms with Gasteiger partial charge in [0.2, 0.25) is 0 Å². The second kappa shape index (κ2) is 4.41. The zero-order valence-electron chi connectivity index (χ0n) is 9.72. The number of hydrogen-bond acceptors (Lipinski definition) is 3. The van der Waals surface area contributed by atoms with E-state index in [4.69, 9.17) is 0 Å². The third kappa shape index (κ3) is 3.07. The van der Waals surface area contributed by atoms with Gasteiger partial charge in [0.15, 0.2) is 0 Å². The van der Waals surface area contributed by atoms with E-state index in [1.807, 2.05) is 7.05 Å². The van der Waals surface area contributed by atoms with Crippen LogP contribution in [-0.2, 0) is 11.8 Å². The first kappa shape index (κ1) is 11.7. The summed E-state index contributed by atoms with van der Waals surface area (Å²) >= 11 is 1.77. The van der Waals surface area contributed by atoms with E-state index in [2.05, 4.69) is 43.4 Å². The predicted molar refractivity (Wildman–Crippen MR) is 63.0 cm³/mol. The molecule has 0 aliphatic heterocycles. The molecular formula is C11H20N2S. The van der Waals surface area contributed by atoms with E-state index in [0.717, 1.165) is 6.42 Å². The fourth-order valence-electron chi connectivity index (χ4n) is 1.16. The van der Waals surface area contributed by atoms with Crippen LogP contribution in [0.5, 0.6) is 0 Å². The first-order valence-corrected chi connectivity index (χ1v) is 5.93. The number of nitrogens with zero attached hydrogens (tertiary/aromatic N) is 1. The number of nitrogens with one attached hydrogen (secondary N) is 1. The maximum absolute atomic E-state index is 4.65. The second-order valence-electron chi connectivity index (χ2n) is 4.79. The van der Waals surface area contributed by atoms with Crippen molar-refractivity contribution in [1.82, 2.24) is 10.3 Å². The molecule has 1 N–H and O–H groups in total. The summed E-state index contributed by atoms with van der Waals surface area (Å²) in [6.07, 6.45) is 1.02. The van der Waals surface area contributed by atoms with E-state index >= 15 is 0 Å². The summed E-state index contributed by atoms with van der Waals surface area (Å²) in [5.41, 5.74) is 1.40. The van der Waals surface area contributed by atoms with Crippen LogP contribution in [0.1, 0.15) is 38.4 Å². The van der Waals surface area contributed by atoms with Gasteiger partial charge >= 0.3 is 0 Å². The van der Waals surface area contributed by atoms with Gasteiger partial charge in [-0.25, -0.2) is 4.98 Å². The van der Waals surface area contributed by atoms with E-state index in [1.54, 1.807) is 11.3 Å². The van der Waals surface area contributed by atoms with Gasteiger partial charge in [-0.15, -0.1) is 11.3 Å². The van der Waals surface area contributed by atoms with Crippen molar-refractivity contribution in [3.63, 3.8) is 0 Å². The second-order valence-corrected chi connectivity index (χ2v) is 5.65. The van der Waals surface area contributed by atoms with Crippen LogP contribution in [0.25, 0.3) is 0 Å². The minimum atomic E-state index is 0.186. The Labute approximate surface area is 90.8 Å². The standard InChI is InChI=1S/C11H20N2S/c1-8(12-5)6-9-7-14-10(13-9)11(2,3)4/h7-8,12H,6H2,1-5H3. The maximum Gasteiger partial charge on any atom is 0.0981 e. The highest BCUT2D eigenvalue weighted by molar-refractivity contribution is 7.09. The van der Waals surface area contributed by atoms with E-state index < -0.39 is 0 Å². The molecule has 0 saturated heterocycles. The van der Waals surface area contributed by atoms with E-state index in [-0.39, 0.29) is 5.41 Å². The van der Waals surface area contributed by atoms with E-state index in [1.165, 1.54) is 10.7 Å².